The number of allylic oxidation sites excluding steroid dienone is 6. The Morgan fingerprint density at radius 3 is 2.25 bits per heavy atom. The molecule has 0 radical (unpaired) electrons. The van der Waals surface area contributed by atoms with E-state index in [9.17, 15) is 17.6 Å². The molecule has 0 aromatic carbocycles. The Hall–Kier alpha value is -1.06. The van der Waals surface area contributed by atoms with Gasteiger partial charge in [-0.1, -0.05) is 12.2 Å². The van der Waals surface area contributed by atoms with E-state index in [1.165, 1.54) is 0 Å². The van der Waals surface area contributed by atoms with E-state index >= 15 is 0 Å². The van der Waals surface area contributed by atoms with Gasteiger partial charge in [0, 0.05) is 5.92 Å². The monoisotopic (exact) mass is 288 g/mol. The number of hydrogen-bond donors (Lipinski definition) is 0. The van der Waals surface area contributed by atoms with E-state index in [0.29, 0.717) is 32.1 Å². The Morgan fingerprint density at radius 1 is 1.10 bits per heavy atom. The first-order valence-corrected chi connectivity index (χ1v) is 7.22. The highest BCUT2D eigenvalue weighted by atomic mass is 19.2. The average Bonchev–Trinajstić information content (AvgIpc) is 2.46. The van der Waals surface area contributed by atoms with E-state index in [4.69, 9.17) is 0 Å². The molecular weight excluding hydrogens is 268 g/mol. The van der Waals surface area contributed by atoms with Crippen molar-refractivity contribution >= 4 is 0 Å². The molecule has 0 bridgehead atoms. The first-order valence-electron chi connectivity index (χ1n) is 7.22. The highest BCUT2D eigenvalue weighted by molar-refractivity contribution is 5.31. The molecule has 4 heteroatoms. The van der Waals surface area contributed by atoms with Crippen molar-refractivity contribution in [3.8, 4) is 0 Å². The molecule has 0 nitrogen and oxygen atoms in total. The predicted octanol–water partition coefficient (Wildman–Crippen LogP) is 5.53. The minimum atomic E-state index is -2.55. The fourth-order valence-corrected chi connectivity index (χ4v) is 3.13. The van der Waals surface area contributed by atoms with Crippen LogP contribution in [0.5, 0.6) is 0 Å². The van der Waals surface area contributed by atoms with Gasteiger partial charge in [0.05, 0.1) is 6.67 Å². The van der Waals surface area contributed by atoms with Crippen molar-refractivity contribution in [1.29, 1.82) is 0 Å². The van der Waals surface area contributed by atoms with Crippen LogP contribution in [-0.2, 0) is 0 Å². The molecule has 2 aliphatic rings. The second-order valence-electron chi connectivity index (χ2n) is 5.57. The SMILES string of the molecule is FCC/C=C/C1CCC(C2(F)C(F)=CCC=C2F)CC1. The lowest BCUT2D eigenvalue weighted by atomic mass is 9.72. The fraction of sp³-hybridized carbons (Fsp3) is 0.625. The summed E-state index contributed by atoms with van der Waals surface area (Å²) in [7, 11) is 0. The van der Waals surface area contributed by atoms with Gasteiger partial charge in [-0.2, -0.15) is 0 Å². The van der Waals surface area contributed by atoms with Crippen molar-refractivity contribution in [3.05, 3.63) is 36.0 Å². The van der Waals surface area contributed by atoms with Crippen LogP contribution in [-0.4, -0.2) is 12.3 Å². The molecule has 0 heterocycles. The molecule has 1 saturated carbocycles. The molecule has 2 rings (SSSR count). The van der Waals surface area contributed by atoms with Crippen molar-refractivity contribution < 1.29 is 17.6 Å². The lowest BCUT2D eigenvalue weighted by molar-refractivity contribution is 0.0720. The first-order chi connectivity index (χ1) is 9.59. The van der Waals surface area contributed by atoms with Crippen LogP contribution < -0.4 is 0 Å². The van der Waals surface area contributed by atoms with E-state index < -0.39 is 23.2 Å². The number of hydrogen-bond acceptors (Lipinski definition) is 0. The quantitative estimate of drug-likeness (QED) is 0.471. The van der Waals surface area contributed by atoms with Crippen molar-refractivity contribution in [3.63, 3.8) is 0 Å². The van der Waals surface area contributed by atoms with Gasteiger partial charge in [0.1, 0.15) is 11.7 Å². The maximum Gasteiger partial charge on any atom is 0.214 e. The van der Waals surface area contributed by atoms with Gasteiger partial charge in [0.2, 0.25) is 5.67 Å². The van der Waals surface area contributed by atoms with E-state index in [-0.39, 0.29) is 19.0 Å². The van der Waals surface area contributed by atoms with Gasteiger partial charge in [0.25, 0.3) is 0 Å². The normalized spacial score (nSPS) is 30.2. The first kappa shape index (κ1) is 15.3. The van der Waals surface area contributed by atoms with Gasteiger partial charge in [-0.25, -0.2) is 13.2 Å². The standard InChI is InChI=1S/C16H20F4/c17-11-2-1-4-12-7-9-13(10-8-12)16(20)14(18)5-3-6-15(16)19/h1,4-6,12-13H,2-3,7-11H2/b4-1+. The third kappa shape index (κ3) is 2.99. The zero-order chi connectivity index (χ0) is 14.6. The van der Waals surface area contributed by atoms with Crippen LogP contribution >= 0.6 is 0 Å². The summed E-state index contributed by atoms with van der Waals surface area (Å²) in [6, 6.07) is 0. The molecular formula is C16H20F4. The van der Waals surface area contributed by atoms with Gasteiger partial charge in [0.15, 0.2) is 0 Å². The Morgan fingerprint density at radius 2 is 1.70 bits per heavy atom. The van der Waals surface area contributed by atoms with Gasteiger partial charge in [-0.05, 0) is 56.6 Å². The van der Waals surface area contributed by atoms with Crippen molar-refractivity contribution in [1.82, 2.24) is 0 Å². The summed E-state index contributed by atoms with van der Waals surface area (Å²) in [6.07, 6.45) is 8.77. The van der Waals surface area contributed by atoms with Crippen LogP contribution in [0.1, 0.15) is 38.5 Å². The lowest BCUT2D eigenvalue weighted by Gasteiger charge is -2.37. The molecule has 1 fully saturated rings. The van der Waals surface area contributed by atoms with Crippen molar-refractivity contribution in [2.75, 3.05) is 6.67 Å². The number of halogens is 4. The molecule has 0 saturated heterocycles. The predicted molar refractivity (Wildman–Crippen MR) is 72.0 cm³/mol. The minimum Gasteiger partial charge on any atom is -0.251 e. The summed E-state index contributed by atoms with van der Waals surface area (Å²) in [6.45, 7) is -0.383. The van der Waals surface area contributed by atoms with Crippen molar-refractivity contribution in [2.45, 2.75) is 44.2 Å². The summed E-state index contributed by atoms with van der Waals surface area (Å²) in [5.41, 5.74) is -2.55. The number of alkyl halides is 2. The van der Waals surface area contributed by atoms with Gasteiger partial charge >= 0.3 is 0 Å². The Kier molecular flexibility index (Phi) is 5.06. The zero-order valence-corrected chi connectivity index (χ0v) is 11.4. The average molecular weight is 288 g/mol. The second kappa shape index (κ2) is 6.59. The molecule has 0 aromatic heterocycles. The van der Waals surface area contributed by atoms with Crippen LogP contribution in [0.2, 0.25) is 0 Å². The maximum atomic E-state index is 14.7. The molecule has 2 aliphatic carbocycles. The molecule has 0 spiro atoms. The smallest absolute Gasteiger partial charge is 0.214 e. The third-order valence-electron chi connectivity index (χ3n) is 4.31. The topological polar surface area (TPSA) is 0 Å². The molecule has 112 valence electrons. The molecule has 0 aliphatic heterocycles. The zero-order valence-electron chi connectivity index (χ0n) is 11.4. The summed E-state index contributed by atoms with van der Waals surface area (Å²) in [5.74, 6) is -2.33. The second-order valence-corrected chi connectivity index (χ2v) is 5.57. The van der Waals surface area contributed by atoms with Crippen LogP contribution in [0.15, 0.2) is 36.0 Å². The summed E-state index contributed by atoms with van der Waals surface area (Å²) in [4.78, 5) is 0. The summed E-state index contributed by atoms with van der Waals surface area (Å²) in [5, 5.41) is 0. The fourth-order valence-electron chi connectivity index (χ4n) is 3.13. The highest BCUT2D eigenvalue weighted by Gasteiger charge is 2.49. The van der Waals surface area contributed by atoms with Crippen LogP contribution in [0, 0.1) is 11.8 Å². The Bertz CT molecular complexity index is 396. The number of rotatable bonds is 4. The lowest BCUT2D eigenvalue weighted by Crippen LogP contribution is -2.38. The molecule has 20 heavy (non-hydrogen) atoms. The molecule has 0 atom stereocenters. The highest BCUT2D eigenvalue weighted by Crippen LogP contribution is 2.48. The van der Waals surface area contributed by atoms with Gasteiger partial charge < -0.3 is 0 Å². The van der Waals surface area contributed by atoms with Crippen molar-refractivity contribution in [2.24, 2.45) is 11.8 Å². The summed E-state index contributed by atoms with van der Waals surface area (Å²) >= 11 is 0. The van der Waals surface area contributed by atoms with Crippen LogP contribution in [0.3, 0.4) is 0 Å². The van der Waals surface area contributed by atoms with Gasteiger partial charge in [-0.3, -0.25) is 4.39 Å². The van der Waals surface area contributed by atoms with Crippen LogP contribution in [0.25, 0.3) is 0 Å². The Labute approximate surface area is 117 Å². The molecule has 0 unspecified atom stereocenters. The Balaban J connectivity index is 1.98. The molecule has 0 N–H and O–H groups in total. The molecule has 0 amide bonds. The maximum absolute atomic E-state index is 14.7. The molecule has 0 aromatic rings. The van der Waals surface area contributed by atoms with E-state index in [1.807, 2.05) is 6.08 Å². The van der Waals surface area contributed by atoms with Crippen LogP contribution in [0.4, 0.5) is 17.6 Å². The van der Waals surface area contributed by atoms with E-state index in [0.717, 1.165) is 12.2 Å². The van der Waals surface area contributed by atoms with Gasteiger partial charge in [-0.15, -0.1) is 0 Å². The minimum absolute atomic E-state index is 0.116. The van der Waals surface area contributed by atoms with E-state index in [1.54, 1.807) is 6.08 Å². The summed E-state index contributed by atoms with van der Waals surface area (Å²) < 4.78 is 54.2. The van der Waals surface area contributed by atoms with E-state index in [2.05, 4.69) is 0 Å². The third-order valence-corrected chi connectivity index (χ3v) is 4.31. The largest absolute Gasteiger partial charge is 0.251 e.